The summed E-state index contributed by atoms with van der Waals surface area (Å²) < 4.78 is 1.70. The van der Waals surface area contributed by atoms with Gasteiger partial charge in [-0.05, 0) is 48.4 Å². The summed E-state index contributed by atoms with van der Waals surface area (Å²) in [5.74, 6) is 1.89. The SMILES string of the molecule is Nc1n[nH]c2cc(-c3ccc(-c4n[nH]c(=O)n4C[C@@H]4CCN(C(=O)C5CC5)C4)cc3)ccc12. The molecule has 168 valence electrons. The average Bonchev–Trinajstić information content (AvgIpc) is 3.32. The quantitative estimate of drug-likeness (QED) is 0.437. The predicted octanol–water partition coefficient (Wildman–Crippen LogP) is 2.62. The van der Waals surface area contributed by atoms with Crippen LogP contribution in [-0.4, -0.2) is 48.9 Å². The second-order valence-electron chi connectivity index (χ2n) is 9.12. The molecule has 2 aliphatic rings. The summed E-state index contributed by atoms with van der Waals surface area (Å²) in [7, 11) is 0. The van der Waals surface area contributed by atoms with Crippen molar-refractivity contribution in [2.24, 2.45) is 11.8 Å². The number of aromatic amines is 2. The molecule has 0 unspecified atom stereocenters. The van der Waals surface area contributed by atoms with Gasteiger partial charge in [-0.25, -0.2) is 9.89 Å². The molecule has 2 fully saturated rings. The topological polar surface area (TPSA) is 126 Å². The lowest BCUT2D eigenvalue weighted by atomic mass is 10.0. The number of hydrogen-bond acceptors (Lipinski definition) is 5. The van der Waals surface area contributed by atoms with Crippen LogP contribution >= 0.6 is 0 Å². The zero-order valence-corrected chi connectivity index (χ0v) is 18.1. The molecule has 0 bridgehead atoms. The number of nitrogen functional groups attached to an aromatic ring is 1. The summed E-state index contributed by atoms with van der Waals surface area (Å²) >= 11 is 0. The summed E-state index contributed by atoms with van der Waals surface area (Å²) in [5, 5.41) is 14.8. The number of nitrogens with two attached hydrogens (primary N) is 1. The minimum atomic E-state index is -0.219. The Morgan fingerprint density at radius 1 is 1.00 bits per heavy atom. The molecule has 9 heteroatoms. The van der Waals surface area contributed by atoms with Crippen LogP contribution in [-0.2, 0) is 11.3 Å². The van der Waals surface area contributed by atoms with Crippen LogP contribution in [0.4, 0.5) is 5.82 Å². The van der Waals surface area contributed by atoms with Crippen LogP contribution in [0.1, 0.15) is 19.3 Å². The van der Waals surface area contributed by atoms with E-state index in [0.717, 1.165) is 53.4 Å². The number of hydrogen-bond donors (Lipinski definition) is 3. The van der Waals surface area contributed by atoms with Gasteiger partial charge in [0.2, 0.25) is 5.91 Å². The fraction of sp³-hybridized carbons (Fsp3) is 0.333. The summed E-state index contributed by atoms with van der Waals surface area (Å²) in [6, 6.07) is 14.0. The Morgan fingerprint density at radius 3 is 2.55 bits per heavy atom. The Balaban J connectivity index is 1.22. The van der Waals surface area contributed by atoms with E-state index in [9.17, 15) is 9.59 Å². The molecule has 1 saturated heterocycles. The number of aromatic nitrogens is 5. The number of rotatable bonds is 5. The molecule has 0 spiro atoms. The van der Waals surface area contributed by atoms with E-state index < -0.39 is 0 Å². The summed E-state index contributed by atoms with van der Waals surface area (Å²) in [6.45, 7) is 2.05. The first kappa shape index (κ1) is 19.8. The molecule has 1 aliphatic carbocycles. The van der Waals surface area contributed by atoms with Crippen molar-refractivity contribution in [2.45, 2.75) is 25.8 Å². The number of carbonyl (C=O) groups excluding carboxylic acids is 1. The van der Waals surface area contributed by atoms with E-state index in [1.165, 1.54) is 0 Å². The number of anilines is 1. The highest BCUT2D eigenvalue weighted by Crippen LogP contribution is 2.33. The van der Waals surface area contributed by atoms with Crippen molar-refractivity contribution in [3.8, 4) is 22.5 Å². The fourth-order valence-corrected chi connectivity index (χ4v) is 4.77. The fourth-order valence-electron chi connectivity index (χ4n) is 4.77. The number of nitrogens with one attached hydrogen (secondary N) is 2. The van der Waals surface area contributed by atoms with E-state index in [0.29, 0.717) is 24.7 Å². The van der Waals surface area contributed by atoms with Gasteiger partial charge >= 0.3 is 5.69 Å². The average molecular weight is 444 g/mol. The molecule has 3 heterocycles. The summed E-state index contributed by atoms with van der Waals surface area (Å²) in [5.41, 5.74) is 9.49. The highest BCUT2D eigenvalue weighted by Gasteiger charge is 2.36. The molecule has 1 atom stereocenters. The van der Waals surface area contributed by atoms with Crippen LogP contribution in [0, 0.1) is 11.8 Å². The first-order valence-corrected chi connectivity index (χ1v) is 11.4. The van der Waals surface area contributed by atoms with Crippen LogP contribution in [0.15, 0.2) is 47.3 Å². The molecule has 0 radical (unpaired) electrons. The highest BCUT2D eigenvalue weighted by molar-refractivity contribution is 5.91. The van der Waals surface area contributed by atoms with Crippen LogP contribution < -0.4 is 11.4 Å². The lowest BCUT2D eigenvalue weighted by Gasteiger charge is -2.16. The van der Waals surface area contributed by atoms with Crippen LogP contribution in [0.2, 0.25) is 0 Å². The Morgan fingerprint density at radius 2 is 1.76 bits per heavy atom. The van der Waals surface area contributed by atoms with Gasteiger partial charge in [0.1, 0.15) is 0 Å². The highest BCUT2D eigenvalue weighted by atomic mass is 16.2. The second kappa shape index (κ2) is 7.61. The zero-order valence-electron chi connectivity index (χ0n) is 18.1. The first-order chi connectivity index (χ1) is 16.1. The van der Waals surface area contributed by atoms with Gasteiger partial charge in [0.15, 0.2) is 11.6 Å². The first-order valence-electron chi connectivity index (χ1n) is 11.4. The molecule has 1 saturated carbocycles. The molecule has 1 amide bonds. The lowest BCUT2D eigenvalue weighted by Crippen LogP contribution is -2.31. The number of carbonyl (C=O) groups is 1. The number of benzene rings is 2. The van der Waals surface area contributed by atoms with Gasteiger partial charge in [0.25, 0.3) is 0 Å². The Bertz CT molecular complexity index is 1390. The number of likely N-dealkylation sites (tertiary alicyclic amines) is 1. The van der Waals surface area contributed by atoms with E-state index in [-0.39, 0.29) is 23.4 Å². The van der Waals surface area contributed by atoms with Crippen molar-refractivity contribution in [2.75, 3.05) is 18.8 Å². The third-order valence-electron chi connectivity index (χ3n) is 6.79. The number of fused-ring (bicyclic) bond motifs is 1. The van der Waals surface area contributed by atoms with Crippen LogP contribution in [0.3, 0.4) is 0 Å². The molecule has 33 heavy (non-hydrogen) atoms. The third-order valence-corrected chi connectivity index (χ3v) is 6.79. The van der Waals surface area contributed by atoms with E-state index in [1.54, 1.807) is 4.57 Å². The molecule has 6 rings (SSSR count). The van der Waals surface area contributed by atoms with Crippen molar-refractivity contribution < 1.29 is 4.79 Å². The normalized spacial score (nSPS) is 18.3. The van der Waals surface area contributed by atoms with Crippen molar-refractivity contribution in [1.82, 2.24) is 29.9 Å². The van der Waals surface area contributed by atoms with Crippen molar-refractivity contribution in [1.29, 1.82) is 0 Å². The van der Waals surface area contributed by atoms with Gasteiger partial charge in [-0.3, -0.25) is 14.5 Å². The molecule has 4 N–H and O–H groups in total. The maximum atomic E-state index is 12.5. The molecular weight excluding hydrogens is 418 g/mol. The summed E-state index contributed by atoms with van der Waals surface area (Å²) in [4.78, 5) is 26.8. The van der Waals surface area contributed by atoms with E-state index in [2.05, 4.69) is 20.4 Å². The maximum absolute atomic E-state index is 12.5. The number of nitrogens with zero attached hydrogens (tertiary/aromatic N) is 4. The molecule has 4 aromatic rings. The molecule has 2 aromatic heterocycles. The van der Waals surface area contributed by atoms with E-state index >= 15 is 0 Å². The zero-order chi connectivity index (χ0) is 22.5. The second-order valence-corrected chi connectivity index (χ2v) is 9.12. The number of amides is 1. The monoisotopic (exact) mass is 443 g/mol. The van der Waals surface area contributed by atoms with Gasteiger partial charge < -0.3 is 10.6 Å². The van der Waals surface area contributed by atoms with Crippen LogP contribution in [0.5, 0.6) is 0 Å². The van der Waals surface area contributed by atoms with Gasteiger partial charge in [-0.2, -0.15) is 10.2 Å². The minimum Gasteiger partial charge on any atom is -0.382 e. The van der Waals surface area contributed by atoms with Crippen molar-refractivity contribution >= 4 is 22.6 Å². The third kappa shape index (κ3) is 3.59. The molecular formula is C24H25N7O2. The molecule has 2 aromatic carbocycles. The number of H-pyrrole nitrogens is 2. The summed E-state index contributed by atoms with van der Waals surface area (Å²) in [6.07, 6.45) is 2.95. The van der Waals surface area contributed by atoms with Gasteiger partial charge in [0.05, 0.1) is 5.52 Å². The standard InChI is InChI=1S/C24H25N7O2/c25-21-19-8-7-18(11-20(19)26-27-21)15-1-3-16(4-2-15)22-28-29-24(33)31(22)13-14-9-10-30(12-14)23(32)17-5-6-17/h1-4,7-8,11,14,17H,5-6,9-10,12-13H2,(H,29,33)(H3,25,26,27)/t14-/m1/s1. The smallest absolute Gasteiger partial charge is 0.343 e. The van der Waals surface area contributed by atoms with Gasteiger partial charge in [-0.15, -0.1) is 0 Å². The van der Waals surface area contributed by atoms with Crippen LogP contribution in [0.25, 0.3) is 33.4 Å². The Hall–Kier alpha value is -3.88. The Labute approximate surface area is 189 Å². The molecule has 1 aliphatic heterocycles. The minimum absolute atomic E-state index is 0.219. The van der Waals surface area contributed by atoms with Gasteiger partial charge in [0, 0.05) is 36.5 Å². The maximum Gasteiger partial charge on any atom is 0.343 e. The predicted molar refractivity (Wildman–Crippen MR) is 125 cm³/mol. The molecule has 9 nitrogen and oxygen atoms in total. The van der Waals surface area contributed by atoms with Crippen molar-refractivity contribution in [3.63, 3.8) is 0 Å². The van der Waals surface area contributed by atoms with Gasteiger partial charge in [-0.1, -0.05) is 30.3 Å². The van der Waals surface area contributed by atoms with E-state index in [4.69, 9.17) is 5.73 Å². The lowest BCUT2D eigenvalue weighted by molar-refractivity contribution is -0.131. The largest absolute Gasteiger partial charge is 0.382 e. The Kier molecular flexibility index (Phi) is 4.56. The van der Waals surface area contributed by atoms with E-state index in [1.807, 2.05) is 47.4 Å². The van der Waals surface area contributed by atoms with Crippen molar-refractivity contribution in [3.05, 3.63) is 52.9 Å².